The topological polar surface area (TPSA) is 104 Å². The normalized spacial score (nSPS) is 15.8. The minimum absolute atomic E-state index is 0.0164. The van der Waals surface area contributed by atoms with E-state index >= 15 is 8.78 Å². The van der Waals surface area contributed by atoms with Gasteiger partial charge in [-0.25, -0.2) is 27.9 Å². The Bertz CT molecular complexity index is 1870. The van der Waals surface area contributed by atoms with Gasteiger partial charge in [0.15, 0.2) is 11.5 Å². The summed E-state index contributed by atoms with van der Waals surface area (Å²) in [5, 5.41) is 9.94. The fourth-order valence-corrected chi connectivity index (χ4v) is 6.74. The van der Waals surface area contributed by atoms with Crippen molar-refractivity contribution in [3.8, 4) is 16.9 Å². The highest BCUT2D eigenvalue weighted by molar-refractivity contribution is 7.98. The van der Waals surface area contributed by atoms with E-state index in [9.17, 15) is 14.7 Å². The second kappa shape index (κ2) is 12.0. The van der Waals surface area contributed by atoms with Crippen molar-refractivity contribution in [3.05, 3.63) is 69.4 Å². The predicted octanol–water partition coefficient (Wildman–Crippen LogP) is 6.76. The van der Waals surface area contributed by atoms with Crippen molar-refractivity contribution in [2.45, 2.75) is 70.7 Å². The molecule has 45 heavy (non-hydrogen) atoms. The van der Waals surface area contributed by atoms with E-state index in [1.807, 2.05) is 53.4 Å². The van der Waals surface area contributed by atoms with Crippen LogP contribution < -0.4 is 10.6 Å². The van der Waals surface area contributed by atoms with Crippen LogP contribution in [0.3, 0.4) is 0 Å². The van der Waals surface area contributed by atoms with E-state index < -0.39 is 28.8 Å². The van der Waals surface area contributed by atoms with Crippen LogP contribution in [0.25, 0.3) is 28.0 Å². The zero-order valence-electron chi connectivity index (χ0n) is 26.8. The number of pyridine rings is 2. The van der Waals surface area contributed by atoms with Gasteiger partial charge in [0, 0.05) is 42.3 Å². The molecule has 4 aromatic rings. The molecule has 0 unspecified atom stereocenters. The summed E-state index contributed by atoms with van der Waals surface area (Å²) in [6.45, 7) is 13.8. The lowest BCUT2D eigenvalue weighted by molar-refractivity contribution is 0.136. The quantitative estimate of drug-likeness (QED) is 0.240. The first-order valence-electron chi connectivity index (χ1n) is 14.9. The molecule has 238 valence electrons. The van der Waals surface area contributed by atoms with E-state index in [0.29, 0.717) is 21.7 Å². The number of hydrogen-bond acceptors (Lipinski definition) is 7. The first kappa shape index (κ1) is 32.3. The van der Waals surface area contributed by atoms with Crippen molar-refractivity contribution >= 4 is 34.7 Å². The van der Waals surface area contributed by atoms with E-state index in [0.717, 1.165) is 5.56 Å². The number of thioether (sulfide) groups is 1. The number of fused-ring (bicyclic) bond motifs is 1. The Morgan fingerprint density at radius 1 is 1.13 bits per heavy atom. The van der Waals surface area contributed by atoms with Gasteiger partial charge < -0.3 is 14.9 Å². The number of anilines is 1. The Balaban J connectivity index is 2.01. The summed E-state index contributed by atoms with van der Waals surface area (Å²) in [4.78, 5) is 43.7. The van der Waals surface area contributed by atoms with Crippen LogP contribution in [0.1, 0.15) is 64.3 Å². The summed E-state index contributed by atoms with van der Waals surface area (Å²) in [7, 11) is 0. The molecule has 0 spiro atoms. The molecular formula is C33H38F2N6O3S. The minimum atomic E-state index is -1.04. The summed E-state index contributed by atoms with van der Waals surface area (Å²) >= 11 is 1.27. The van der Waals surface area contributed by atoms with E-state index in [1.165, 1.54) is 27.3 Å². The molecule has 0 radical (unpaired) electrons. The maximum Gasteiger partial charge on any atom is 0.407 e. The van der Waals surface area contributed by atoms with Crippen molar-refractivity contribution in [2.75, 3.05) is 30.8 Å². The van der Waals surface area contributed by atoms with Crippen LogP contribution in [-0.2, 0) is 5.41 Å². The number of nitrogens with zero attached hydrogens (tertiary/aromatic N) is 6. The Hall–Kier alpha value is -4.06. The van der Waals surface area contributed by atoms with Gasteiger partial charge in [-0.05, 0) is 55.2 Å². The van der Waals surface area contributed by atoms with Crippen LogP contribution in [-0.4, -0.2) is 67.6 Å². The molecule has 1 aromatic carbocycles. The number of carbonyl (C=O) groups is 1. The largest absolute Gasteiger partial charge is 0.465 e. The molecule has 1 aliphatic rings. The molecule has 9 nitrogen and oxygen atoms in total. The maximum absolute atomic E-state index is 17.1. The molecule has 1 saturated heterocycles. The van der Waals surface area contributed by atoms with Crippen molar-refractivity contribution in [1.82, 2.24) is 24.4 Å². The number of amides is 1. The van der Waals surface area contributed by atoms with Crippen LogP contribution in [0.4, 0.5) is 19.4 Å². The number of rotatable bonds is 5. The van der Waals surface area contributed by atoms with Gasteiger partial charge in [0.05, 0.1) is 22.3 Å². The second-order valence-corrected chi connectivity index (χ2v) is 13.6. The Kier molecular flexibility index (Phi) is 8.65. The van der Waals surface area contributed by atoms with Crippen LogP contribution in [0, 0.1) is 18.6 Å². The van der Waals surface area contributed by atoms with Crippen LogP contribution in [0.5, 0.6) is 0 Å². The number of aromatic nitrogens is 4. The lowest BCUT2D eigenvalue weighted by Gasteiger charge is -2.40. The van der Waals surface area contributed by atoms with Crippen molar-refractivity contribution in [2.24, 2.45) is 0 Å². The van der Waals surface area contributed by atoms with Gasteiger partial charge in [-0.15, -0.1) is 11.8 Å². The zero-order valence-corrected chi connectivity index (χ0v) is 27.6. The van der Waals surface area contributed by atoms with Crippen molar-refractivity contribution < 1.29 is 18.7 Å². The van der Waals surface area contributed by atoms with Gasteiger partial charge >= 0.3 is 11.8 Å². The molecule has 1 fully saturated rings. The van der Waals surface area contributed by atoms with Crippen molar-refractivity contribution in [3.63, 3.8) is 0 Å². The molecule has 1 aliphatic heterocycles. The van der Waals surface area contributed by atoms with E-state index in [2.05, 4.69) is 9.97 Å². The summed E-state index contributed by atoms with van der Waals surface area (Å²) in [5.74, 6) is -1.19. The molecule has 12 heteroatoms. The van der Waals surface area contributed by atoms with E-state index in [4.69, 9.17) is 4.98 Å². The molecule has 1 atom stereocenters. The predicted molar refractivity (Wildman–Crippen MR) is 174 cm³/mol. The number of benzene rings is 1. The number of piperazine rings is 1. The Labute approximate surface area is 265 Å². The highest BCUT2D eigenvalue weighted by atomic mass is 32.2. The molecule has 1 N–H and O–H groups in total. The average Bonchev–Trinajstić information content (AvgIpc) is 2.96. The molecule has 0 saturated carbocycles. The lowest BCUT2D eigenvalue weighted by atomic mass is 9.83. The monoisotopic (exact) mass is 636 g/mol. The molecule has 4 heterocycles. The summed E-state index contributed by atoms with van der Waals surface area (Å²) in [6.07, 6.45) is 2.42. The summed E-state index contributed by atoms with van der Waals surface area (Å²) in [6, 6.07) is 5.96. The smallest absolute Gasteiger partial charge is 0.407 e. The number of aryl methyl sites for hydroxylation is 1. The van der Waals surface area contributed by atoms with Crippen LogP contribution >= 0.6 is 11.8 Å². The van der Waals surface area contributed by atoms with Gasteiger partial charge in [0.1, 0.15) is 17.3 Å². The van der Waals surface area contributed by atoms with Gasteiger partial charge in [0.25, 0.3) is 0 Å². The van der Waals surface area contributed by atoms with E-state index in [-0.39, 0.29) is 59.9 Å². The highest BCUT2D eigenvalue weighted by Gasteiger charge is 2.36. The SMILES string of the molecule is CSc1cccc(F)c1-c1nc2c(c(N3CCN(C(=O)O)C[C@@H]3C)nc(=O)n2-c2c(C)ccnc2C(C)C)c(C(C)(C)C)c1F. The Morgan fingerprint density at radius 2 is 1.84 bits per heavy atom. The first-order chi connectivity index (χ1) is 21.2. The van der Waals surface area contributed by atoms with Gasteiger partial charge in [-0.2, -0.15) is 4.98 Å². The molecule has 0 aliphatic carbocycles. The molecular weight excluding hydrogens is 598 g/mol. The number of carboxylic acid groups (broad SMARTS) is 1. The van der Waals surface area contributed by atoms with Crippen LogP contribution in [0.2, 0.25) is 0 Å². The molecule has 3 aromatic heterocycles. The summed E-state index contributed by atoms with van der Waals surface area (Å²) in [5.41, 5.74) is 0.565. The third-order valence-electron chi connectivity index (χ3n) is 8.22. The highest BCUT2D eigenvalue weighted by Crippen LogP contribution is 2.43. The fraction of sp³-hybridized carbons (Fsp3) is 0.424. The lowest BCUT2D eigenvalue weighted by Crippen LogP contribution is -2.54. The third-order valence-corrected chi connectivity index (χ3v) is 9.00. The summed E-state index contributed by atoms with van der Waals surface area (Å²) < 4.78 is 34.1. The van der Waals surface area contributed by atoms with Gasteiger partial charge in [-0.1, -0.05) is 40.7 Å². The van der Waals surface area contributed by atoms with Gasteiger partial charge in [0.2, 0.25) is 0 Å². The number of halogens is 2. The molecule has 1 amide bonds. The van der Waals surface area contributed by atoms with Crippen LogP contribution in [0.15, 0.2) is 40.2 Å². The zero-order chi connectivity index (χ0) is 33.0. The maximum atomic E-state index is 17.1. The standard InChI is InChI=1S/C33H38F2N6O3S/c1-17(2)26-28(18(3)12-13-36-26)41-30-23(29(38-31(41)42)40-15-14-39(32(43)44)16-19(40)4)24(33(5,6)7)25(35)27(37-30)22-20(34)10-9-11-21(22)45-8/h9-13,17,19H,14-16H2,1-8H3,(H,43,44)/t19-/m0/s1. The number of hydrogen-bond donors (Lipinski definition) is 1. The minimum Gasteiger partial charge on any atom is -0.465 e. The first-order valence-corrected chi connectivity index (χ1v) is 16.1. The fourth-order valence-electron chi connectivity index (χ4n) is 6.13. The molecule has 0 bridgehead atoms. The van der Waals surface area contributed by atoms with Gasteiger partial charge in [-0.3, -0.25) is 4.98 Å². The average molecular weight is 637 g/mol. The molecule has 5 rings (SSSR count). The van der Waals surface area contributed by atoms with Crippen molar-refractivity contribution in [1.29, 1.82) is 0 Å². The third kappa shape index (κ3) is 5.64. The van der Waals surface area contributed by atoms with E-state index in [1.54, 1.807) is 30.7 Å². The second-order valence-electron chi connectivity index (χ2n) is 12.8. The Morgan fingerprint density at radius 3 is 2.44 bits per heavy atom.